The minimum atomic E-state index is -0.117. The molecule has 0 saturated heterocycles. The smallest absolute Gasteiger partial charge is 0.221 e. The van der Waals surface area contributed by atoms with Gasteiger partial charge in [0, 0.05) is 23.2 Å². The van der Waals surface area contributed by atoms with Crippen molar-refractivity contribution in [1.82, 2.24) is 5.32 Å². The van der Waals surface area contributed by atoms with Gasteiger partial charge in [-0.15, -0.1) is 11.8 Å². The van der Waals surface area contributed by atoms with E-state index in [1.807, 2.05) is 13.0 Å². The summed E-state index contributed by atoms with van der Waals surface area (Å²) in [5, 5.41) is 2.61. The third kappa shape index (κ3) is 8.63. The van der Waals surface area contributed by atoms with Crippen LogP contribution in [0.25, 0.3) is 0 Å². The molecule has 0 saturated carbocycles. The largest absolute Gasteiger partial charge is 0.401 e. The lowest BCUT2D eigenvalue weighted by molar-refractivity contribution is -0.118. The molecular weight excluding hydrogens is 232 g/mol. The molecule has 0 unspecified atom stereocenters. The zero-order valence-electron chi connectivity index (χ0n) is 10.9. The van der Waals surface area contributed by atoms with Crippen LogP contribution in [-0.2, 0) is 4.79 Å². The molecule has 0 atom stereocenters. The number of hydrogen-bond donors (Lipinski definition) is 2. The van der Waals surface area contributed by atoms with E-state index in [4.69, 9.17) is 5.73 Å². The number of unbranched alkanes of at least 4 members (excludes halogenated alkanes) is 1. The van der Waals surface area contributed by atoms with Crippen LogP contribution < -0.4 is 11.1 Å². The van der Waals surface area contributed by atoms with Crippen molar-refractivity contribution in [3.05, 3.63) is 35.0 Å². The van der Waals surface area contributed by atoms with Crippen molar-refractivity contribution < 1.29 is 4.79 Å². The topological polar surface area (TPSA) is 55.1 Å². The molecule has 0 aliphatic carbocycles. The molecule has 3 N–H and O–H groups in total. The summed E-state index contributed by atoms with van der Waals surface area (Å²) < 4.78 is 0. The minimum Gasteiger partial charge on any atom is -0.401 e. The van der Waals surface area contributed by atoms with Gasteiger partial charge in [0.05, 0.1) is 0 Å². The summed E-state index contributed by atoms with van der Waals surface area (Å²) >= 11 is 1.73. The van der Waals surface area contributed by atoms with Gasteiger partial charge >= 0.3 is 0 Å². The standard InChI is InChI=1S/C13H22N2OS/c1-5-6-9-17-13(11(3)14)8-7-10(2)15-12(4)16/h7-8H,2,5-6,9,14H2,1,3-4H3,(H,15,16)/b8-7-,13-11-. The van der Waals surface area contributed by atoms with E-state index >= 15 is 0 Å². The van der Waals surface area contributed by atoms with Gasteiger partial charge in [-0.1, -0.05) is 19.9 Å². The maximum Gasteiger partial charge on any atom is 0.221 e. The fraction of sp³-hybridized carbons (Fsp3) is 0.462. The first kappa shape index (κ1) is 15.8. The van der Waals surface area contributed by atoms with E-state index in [1.165, 1.54) is 19.8 Å². The normalized spacial score (nSPS) is 12.4. The van der Waals surface area contributed by atoms with Crippen LogP contribution in [0.2, 0.25) is 0 Å². The van der Waals surface area contributed by atoms with Crippen LogP contribution in [0.4, 0.5) is 0 Å². The van der Waals surface area contributed by atoms with Crippen molar-refractivity contribution in [3.63, 3.8) is 0 Å². The van der Waals surface area contributed by atoms with Gasteiger partial charge in [0.25, 0.3) is 0 Å². The Bertz CT molecular complexity index is 328. The number of allylic oxidation sites excluding steroid dienone is 3. The molecule has 0 fully saturated rings. The highest BCUT2D eigenvalue weighted by Gasteiger charge is 1.98. The molecule has 0 rings (SSSR count). The molecular formula is C13H22N2OS. The Kier molecular flexibility index (Phi) is 8.32. The molecule has 0 heterocycles. The summed E-state index contributed by atoms with van der Waals surface area (Å²) in [6, 6.07) is 0. The molecule has 3 nitrogen and oxygen atoms in total. The van der Waals surface area contributed by atoms with Crippen molar-refractivity contribution >= 4 is 17.7 Å². The molecule has 0 aliphatic rings. The third-order valence-electron chi connectivity index (χ3n) is 1.92. The lowest BCUT2D eigenvalue weighted by Crippen LogP contribution is -2.16. The molecule has 0 bridgehead atoms. The van der Waals surface area contributed by atoms with E-state index in [2.05, 4.69) is 18.8 Å². The first-order chi connectivity index (χ1) is 7.97. The average Bonchev–Trinajstić information content (AvgIpc) is 2.21. The van der Waals surface area contributed by atoms with E-state index in [9.17, 15) is 4.79 Å². The van der Waals surface area contributed by atoms with Crippen LogP contribution in [-0.4, -0.2) is 11.7 Å². The lowest BCUT2D eigenvalue weighted by atomic mass is 10.3. The maximum atomic E-state index is 10.8. The summed E-state index contributed by atoms with van der Waals surface area (Å²) in [6.07, 6.45) is 6.01. The Hall–Kier alpha value is -1.16. The number of thioether (sulfide) groups is 1. The zero-order valence-corrected chi connectivity index (χ0v) is 11.7. The summed E-state index contributed by atoms with van der Waals surface area (Å²) in [6.45, 7) is 9.22. The number of carbonyl (C=O) groups is 1. The van der Waals surface area contributed by atoms with Crippen LogP contribution >= 0.6 is 11.8 Å². The highest BCUT2D eigenvalue weighted by atomic mass is 32.2. The average molecular weight is 254 g/mol. The predicted octanol–water partition coefficient (Wildman–Crippen LogP) is 2.92. The predicted molar refractivity (Wildman–Crippen MR) is 76.4 cm³/mol. The van der Waals surface area contributed by atoms with E-state index in [1.54, 1.807) is 17.8 Å². The molecule has 0 aromatic heterocycles. The number of amides is 1. The quantitative estimate of drug-likeness (QED) is 0.542. The number of hydrogen-bond acceptors (Lipinski definition) is 3. The second-order valence-corrected chi connectivity index (χ2v) is 4.93. The molecule has 1 amide bonds. The Balaban J connectivity index is 4.36. The molecule has 0 radical (unpaired) electrons. The molecule has 96 valence electrons. The highest BCUT2D eigenvalue weighted by Crippen LogP contribution is 2.21. The third-order valence-corrected chi connectivity index (χ3v) is 3.18. The van der Waals surface area contributed by atoms with Gasteiger partial charge in [-0.25, -0.2) is 0 Å². The van der Waals surface area contributed by atoms with Crippen LogP contribution in [0, 0.1) is 0 Å². The Morgan fingerprint density at radius 2 is 2.06 bits per heavy atom. The number of rotatable bonds is 7. The van der Waals surface area contributed by atoms with Crippen molar-refractivity contribution in [2.24, 2.45) is 5.73 Å². The van der Waals surface area contributed by atoms with Gasteiger partial charge in [-0.2, -0.15) is 0 Å². The van der Waals surface area contributed by atoms with Crippen molar-refractivity contribution in [2.75, 3.05) is 5.75 Å². The maximum absolute atomic E-state index is 10.8. The molecule has 0 aromatic carbocycles. The number of nitrogens with one attached hydrogen (secondary N) is 1. The summed E-state index contributed by atoms with van der Waals surface area (Å²) in [5.74, 6) is 0.936. The summed E-state index contributed by atoms with van der Waals surface area (Å²) in [5.41, 5.74) is 7.16. The van der Waals surface area contributed by atoms with Crippen LogP contribution in [0.1, 0.15) is 33.6 Å². The van der Waals surface area contributed by atoms with E-state index in [0.717, 1.165) is 16.4 Å². The van der Waals surface area contributed by atoms with Crippen molar-refractivity contribution in [2.45, 2.75) is 33.6 Å². The van der Waals surface area contributed by atoms with Crippen LogP contribution in [0.5, 0.6) is 0 Å². The lowest BCUT2D eigenvalue weighted by Gasteiger charge is -2.05. The Morgan fingerprint density at radius 1 is 1.41 bits per heavy atom. The van der Waals surface area contributed by atoms with E-state index < -0.39 is 0 Å². The molecule has 0 spiro atoms. The van der Waals surface area contributed by atoms with Gasteiger partial charge in [0.1, 0.15) is 0 Å². The summed E-state index contributed by atoms with van der Waals surface area (Å²) in [7, 11) is 0. The Morgan fingerprint density at radius 3 is 2.53 bits per heavy atom. The minimum absolute atomic E-state index is 0.117. The zero-order chi connectivity index (χ0) is 13.3. The number of nitrogens with two attached hydrogens (primary N) is 1. The molecule has 17 heavy (non-hydrogen) atoms. The fourth-order valence-corrected chi connectivity index (χ4v) is 2.11. The first-order valence-corrected chi connectivity index (χ1v) is 6.69. The van der Waals surface area contributed by atoms with Gasteiger partial charge in [0.2, 0.25) is 5.91 Å². The molecule has 4 heteroatoms. The molecule has 0 aromatic rings. The van der Waals surface area contributed by atoms with Gasteiger partial charge in [0.15, 0.2) is 0 Å². The van der Waals surface area contributed by atoms with Crippen molar-refractivity contribution in [1.29, 1.82) is 0 Å². The SMILES string of the molecule is C=C(/C=C\C(SCCCC)=C(/C)N)NC(C)=O. The molecule has 0 aliphatic heterocycles. The first-order valence-electron chi connectivity index (χ1n) is 5.71. The number of carbonyl (C=O) groups excluding carboxylic acids is 1. The van der Waals surface area contributed by atoms with Gasteiger partial charge < -0.3 is 11.1 Å². The van der Waals surface area contributed by atoms with Crippen molar-refractivity contribution in [3.8, 4) is 0 Å². The van der Waals surface area contributed by atoms with E-state index in [-0.39, 0.29) is 5.91 Å². The second kappa shape index (κ2) is 8.93. The van der Waals surface area contributed by atoms with Gasteiger partial charge in [-0.3, -0.25) is 4.79 Å². The van der Waals surface area contributed by atoms with E-state index in [0.29, 0.717) is 5.70 Å². The van der Waals surface area contributed by atoms with Crippen LogP contribution in [0.15, 0.2) is 35.0 Å². The monoisotopic (exact) mass is 254 g/mol. The van der Waals surface area contributed by atoms with Gasteiger partial charge in [-0.05, 0) is 31.2 Å². The summed E-state index contributed by atoms with van der Waals surface area (Å²) in [4.78, 5) is 11.8. The Labute approximate surface area is 108 Å². The second-order valence-electron chi connectivity index (χ2n) is 3.79. The fourth-order valence-electron chi connectivity index (χ4n) is 1.06. The van der Waals surface area contributed by atoms with Crippen LogP contribution in [0.3, 0.4) is 0 Å². The highest BCUT2D eigenvalue weighted by molar-refractivity contribution is 8.03.